The van der Waals surface area contributed by atoms with Crippen molar-refractivity contribution in [2.75, 3.05) is 0 Å². The van der Waals surface area contributed by atoms with Gasteiger partial charge < -0.3 is 5.11 Å². The maximum Gasteiger partial charge on any atom is 0.0880 e. The molecule has 3 heteroatoms. The molecule has 0 spiro atoms. The van der Waals surface area contributed by atoms with Crippen LogP contribution in [0, 0.1) is 0 Å². The molecule has 1 aromatic carbocycles. The molecule has 0 saturated heterocycles. The average Bonchev–Trinajstić information content (AvgIpc) is 2.09. The highest BCUT2D eigenvalue weighted by molar-refractivity contribution is 6.42. The van der Waals surface area contributed by atoms with Crippen molar-refractivity contribution in [3.63, 3.8) is 0 Å². The molecule has 0 aliphatic carbocycles. The van der Waals surface area contributed by atoms with Crippen molar-refractivity contribution >= 4 is 23.2 Å². The van der Waals surface area contributed by atoms with Gasteiger partial charge in [-0.25, -0.2) is 0 Å². The van der Waals surface area contributed by atoms with Gasteiger partial charge in [0.2, 0.25) is 0 Å². The Labute approximate surface area is 88.3 Å². The van der Waals surface area contributed by atoms with Crippen LogP contribution in [0.4, 0.5) is 0 Å². The van der Waals surface area contributed by atoms with E-state index in [4.69, 9.17) is 23.2 Å². The Morgan fingerprint density at radius 3 is 2.54 bits per heavy atom. The van der Waals surface area contributed by atoms with Gasteiger partial charge in [0, 0.05) is 5.56 Å². The minimum Gasteiger partial charge on any atom is -0.385 e. The fourth-order valence-corrected chi connectivity index (χ4v) is 1.61. The molecule has 0 saturated carbocycles. The molecule has 0 heterocycles. The van der Waals surface area contributed by atoms with Crippen molar-refractivity contribution in [1.82, 2.24) is 0 Å². The largest absolute Gasteiger partial charge is 0.385 e. The summed E-state index contributed by atoms with van der Waals surface area (Å²) in [5.41, 5.74) is -0.216. The van der Waals surface area contributed by atoms with Gasteiger partial charge in [-0.15, -0.1) is 0 Å². The molecule has 1 nitrogen and oxygen atoms in total. The van der Waals surface area contributed by atoms with Crippen molar-refractivity contribution in [2.24, 2.45) is 0 Å². The van der Waals surface area contributed by atoms with E-state index in [1.807, 2.05) is 6.92 Å². The van der Waals surface area contributed by atoms with Crippen molar-refractivity contribution in [2.45, 2.75) is 25.9 Å². The van der Waals surface area contributed by atoms with Crippen LogP contribution in [0.5, 0.6) is 0 Å². The summed E-state index contributed by atoms with van der Waals surface area (Å²) in [4.78, 5) is 0. The zero-order valence-electron chi connectivity index (χ0n) is 7.64. The van der Waals surface area contributed by atoms with Gasteiger partial charge in [-0.1, -0.05) is 42.3 Å². The van der Waals surface area contributed by atoms with Crippen molar-refractivity contribution < 1.29 is 5.11 Å². The van der Waals surface area contributed by atoms with E-state index >= 15 is 0 Å². The van der Waals surface area contributed by atoms with E-state index in [-0.39, 0.29) is 0 Å². The predicted molar refractivity (Wildman–Crippen MR) is 56.3 cm³/mol. The summed E-state index contributed by atoms with van der Waals surface area (Å²) in [6.07, 6.45) is 0.604. The molecule has 0 fully saturated rings. The first kappa shape index (κ1) is 10.8. The van der Waals surface area contributed by atoms with Gasteiger partial charge in [-0.2, -0.15) is 0 Å². The Hall–Kier alpha value is -0.240. The van der Waals surface area contributed by atoms with E-state index in [1.54, 1.807) is 25.1 Å². The summed E-state index contributed by atoms with van der Waals surface area (Å²) in [6.45, 7) is 3.63. The lowest BCUT2D eigenvalue weighted by atomic mass is 9.93. The molecular weight excluding hydrogens is 207 g/mol. The summed E-state index contributed by atoms with van der Waals surface area (Å²) in [6, 6.07) is 5.28. The SMILES string of the molecule is CCC(C)(O)c1cccc(Cl)c1Cl. The number of halogens is 2. The van der Waals surface area contributed by atoms with E-state index in [1.165, 1.54) is 0 Å². The summed E-state index contributed by atoms with van der Waals surface area (Å²) >= 11 is 11.8. The molecule has 1 aromatic rings. The molecule has 0 aliphatic rings. The van der Waals surface area contributed by atoms with Crippen LogP contribution in [-0.2, 0) is 5.60 Å². The molecular formula is C10H12Cl2O. The maximum absolute atomic E-state index is 9.96. The molecule has 1 atom stereocenters. The molecule has 1 rings (SSSR count). The Morgan fingerprint density at radius 2 is 2.00 bits per heavy atom. The first-order valence-corrected chi connectivity index (χ1v) is 4.91. The minimum atomic E-state index is -0.901. The van der Waals surface area contributed by atoms with Crippen LogP contribution in [-0.4, -0.2) is 5.11 Å². The second-order valence-electron chi connectivity index (χ2n) is 3.23. The minimum absolute atomic E-state index is 0.441. The normalized spacial score (nSPS) is 15.5. The predicted octanol–water partition coefficient (Wildman–Crippen LogP) is 3.61. The first-order chi connectivity index (χ1) is 5.99. The number of rotatable bonds is 2. The van der Waals surface area contributed by atoms with Crippen LogP contribution in [0.3, 0.4) is 0 Å². The van der Waals surface area contributed by atoms with Crippen LogP contribution in [0.1, 0.15) is 25.8 Å². The molecule has 1 N–H and O–H groups in total. The standard InChI is InChI=1S/C10H12Cl2O/c1-3-10(2,13)7-5-4-6-8(11)9(7)12/h4-6,13H,3H2,1-2H3. The number of aliphatic hydroxyl groups is 1. The van der Waals surface area contributed by atoms with E-state index < -0.39 is 5.60 Å². The zero-order valence-corrected chi connectivity index (χ0v) is 9.15. The molecule has 72 valence electrons. The van der Waals surface area contributed by atoms with E-state index in [0.29, 0.717) is 22.0 Å². The average molecular weight is 219 g/mol. The zero-order chi connectivity index (χ0) is 10.1. The Morgan fingerprint density at radius 1 is 1.38 bits per heavy atom. The molecule has 0 aromatic heterocycles. The van der Waals surface area contributed by atoms with Gasteiger partial charge >= 0.3 is 0 Å². The molecule has 0 aliphatic heterocycles. The van der Waals surface area contributed by atoms with Gasteiger partial charge in [0.25, 0.3) is 0 Å². The third kappa shape index (κ3) is 2.16. The lowest BCUT2D eigenvalue weighted by Gasteiger charge is -2.23. The van der Waals surface area contributed by atoms with Gasteiger partial charge in [-0.3, -0.25) is 0 Å². The highest BCUT2D eigenvalue weighted by atomic mass is 35.5. The highest BCUT2D eigenvalue weighted by Crippen LogP contribution is 2.34. The monoisotopic (exact) mass is 218 g/mol. The number of hydrogen-bond acceptors (Lipinski definition) is 1. The number of benzene rings is 1. The fraction of sp³-hybridized carbons (Fsp3) is 0.400. The summed E-state index contributed by atoms with van der Waals surface area (Å²) in [5, 5.41) is 10.9. The Balaban J connectivity index is 3.22. The fourth-order valence-electron chi connectivity index (χ4n) is 1.11. The van der Waals surface area contributed by atoms with Gasteiger partial charge in [0.15, 0.2) is 0 Å². The van der Waals surface area contributed by atoms with Crippen LogP contribution in [0.15, 0.2) is 18.2 Å². The van der Waals surface area contributed by atoms with E-state index in [9.17, 15) is 5.11 Å². The van der Waals surface area contributed by atoms with Crippen LogP contribution in [0.2, 0.25) is 10.0 Å². The van der Waals surface area contributed by atoms with Crippen molar-refractivity contribution in [1.29, 1.82) is 0 Å². The molecule has 0 radical (unpaired) electrons. The van der Waals surface area contributed by atoms with Gasteiger partial charge in [0.1, 0.15) is 0 Å². The van der Waals surface area contributed by atoms with Crippen molar-refractivity contribution in [3.8, 4) is 0 Å². The third-order valence-electron chi connectivity index (χ3n) is 2.22. The van der Waals surface area contributed by atoms with Crippen LogP contribution >= 0.6 is 23.2 Å². The smallest absolute Gasteiger partial charge is 0.0880 e. The van der Waals surface area contributed by atoms with Gasteiger partial charge in [-0.05, 0) is 19.4 Å². The lowest BCUT2D eigenvalue weighted by Crippen LogP contribution is -2.20. The van der Waals surface area contributed by atoms with Gasteiger partial charge in [0.05, 0.1) is 15.6 Å². The third-order valence-corrected chi connectivity index (χ3v) is 3.04. The summed E-state index contributed by atoms with van der Waals surface area (Å²) < 4.78 is 0. The second kappa shape index (κ2) is 3.87. The number of hydrogen-bond donors (Lipinski definition) is 1. The molecule has 0 amide bonds. The maximum atomic E-state index is 9.96. The Bertz CT molecular complexity index is 308. The lowest BCUT2D eigenvalue weighted by molar-refractivity contribution is 0.0532. The topological polar surface area (TPSA) is 20.2 Å². The van der Waals surface area contributed by atoms with Crippen molar-refractivity contribution in [3.05, 3.63) is 33.8 Å². The quantitative estimate of drug-likeness (QED) is 0.805. The molecule has 13 heavy (non-hydrogen) atoms. The molecule has 0 bridgehead atoms. The molecule has 1 unspecified atom stereocenters. The van der Waals surface area contributed by atoms with Crippen LogP contribution < -0.4 is 0 Å². The highest BCUT2D eigenvalue weighted by Gasteiger charge is 2.23. The Kier molecular flexibility index (Phi) is 3.23. The second-order valence-corrected chi connectivity index (χ2v) is 4.01. The van der Waals surface area contributed by atoms with E-state index in [2.05, 4.69) is 0 Å². The van der Waals surface area contributed by atoms with E-state index in [0.717, 1.165) is 0 Å². The summed E-state index contributed by atoms with van der Waals surface area (Å²) in [7, 11) is 0. The first-order valence-electron chi connectivity index (χ1n) is 4.16. The van der Waals surface area contributed by atoms with Crippen LogP contribution in [0.25, 0.3) is 0 Å². The summed E-state index contributed by atoms with van der Waals surface area (Å²) in [5.74, 6) is 0.